The Morgan fingerprint density at radius 3 is 2.53 bits per heavy atom. The van der Waals surface area contributed by atoms with Gasteiger partial charge >= 0.3 is 5.97 Å². The maximum Gasteiger partial charge on any atom is 0.344 e. The molecule has 0 unspecified atom stereocenters. The van der Waals surface area contributed by atoms with Gasteiger partial charge in [0, 0.05) is 11.6 Å². The number of hydrazone groups is 1. The van der Waals surface area contributed by atoms with Gasteiger partial charge in [-0.2, -0.15) is 5.10 Å². The fraction of sp³-hybridized carbons (Fsp3) is 0.211. The lowest BCUT2D eigenvalue weighted by molar-refractivity contribution is -0.385. The van der Waals surface area contributed by atoms with Crippen LogP contribution in [0.3, 0.4) is 0 Å². The van der Waals surface area contributed by atoms with Crippen LogP contribution in [0.25, 0.3) is 0 Å². The first kappa shape index (κ1) is 24.0. The molecule has 0 spiro atoms. The van der Waals surface area contributed by atoms with Crippen molar-refractivity contribution in [1.29, 1.82) is 0 Å². The van der Waals surface area contributed by atoms with Crippen LogP contribution in [0.15, 0.2) is 41.5 Å². The van der Waals surface area contributed by atoms with E-state index in [-0.39, 0.29) is 25.3 Å². The summed E-state index contributed by atoms with van der Waals surface area (Å²) in [5.74, 6) is -0.364. The number of nitro groups is 1. The molecule has 0 heterocycles. The molecule has 1 N–H and O–H groups in total. The second kappa shape index (κ2) is 11.8. The fourth-order valence-corrected chi connectivity index (χ4v) is 4.48. The van der Waals surface area contributed by atoms with E-state index in [0.29, 0.717) is 16.9 Å². The Morgan fingerprint density at radius 2 is 1.90 bits per heavy atom. The van der Waals surface area contributed by atoms with Gasteiger partial charge in [-0.25, -0.2) is 10.2 Å². The number of carbonyl (C=O) groups excluding carboxylic acids is 2. The molecule has 11 heteroatoms. The van der Waals surface area contributed by atoms with Crippen molar-refractivity contribution in [1.82, 2.24) is 5.43 Å². The van der Waals surface area contributed by atoms with Crippen molar-refractivity contribution in [3.63, 3.8) is 0 Å². The number of hydrogen-bond acceptors (Lipinski definition) is 7. The molecule has 0 aromatic heterocycles. The lowest BCUT2D eigenvalue weighted by atomic mass is 10.1. The minimum atomic E-state index is -0.526. The predicted molar refractivity (Wildman–Crippen MR) is 127 cm³/mol. The summed E-state index contributed by atoms with van der Waals surface area (Å²) in [6.45, 7) is 1.82. The Morgan fingerprint density at radius 1 is 1.23 bits per heavy atom. The third kappa shape index (κ3) is 7.19. The van der Waals surface area contributed by atoms with Crippen molar-refractivity contribution in [2.45, 2.75) is 13.3 Å². The largest absolute Gasteiger partial charge is 0.480 e. The summed E-state index contributed by atoms with van der Waals surface area (Å²) in [7, 11) is 0. The quantitative estimate of drug-likeness (QED) is 0.148. The number of carbonyl (C=O) groups is 2. The number of hydrogen-bond donors (Lipinski definition) is 1. The van der Waals surface area contributed by atoms with Crippen LogP contribution >= 0.6 is 45.2 Å². The first-order valence-electron chi connectivity index (χ1n) is 8.63. The van der Waals surface area contributed by atoms with Crippen LogP contribution in [0, 0.1) is 17.3 Å². The number of benzene rings is 2. The zero-order valence-electron chi connectivity index (χ0n) is 15.8. The van der Waals surface area contributed by atoms with Crippen LogP contribution in [-0.2, 0) is 20.7 Å². The average Bonchev–Trinajstić information content (AvgIpc) is 2.67. The normalized spacial score (nSPS) is 10.6. The maximum atomic E-state index is 12.1. The molecule has 0 aliphatic rings. The molecule has 2 aromatic rings. The van der Waals surface area contributed by atoms with E-state index in [2.05, 4.69) is 55.7 Å². The summed E-state index contributed by atoms with van der Waals surface area (Å²) < 4.78 is 11.9. The highest BCUT2D eigenvalue weighted by atomic mass is 127. The summed E-state index contributed by atoms with van der Waals surface area (Å²) >= 11 is 4.15. The number of ether oxygens (including phenoxy) is 2. The van der Waals surface area contributed by atoms with Gasteiger partial charge in [0.15, 0.2) is 6.61 Å². The monoisotopic (exact) mass is 637 g/mol. The van der Waals surface area contributed by atoms with Crippen LogP contribution < -0.4 is 10.2 Å². The molecule has 9 nitrogen and oxygen atoms in total. The van der Waals surface area contributed by atoms with E-state index in [1.807, 2.05) is 0 Å². The van der Waals surface area contributed by atoms with E-state index in [9.17, 15) is 19.7 Å². The standard InChI is InChI=1S/C19H17I2N3O6/c1-2-29-18(26)11-30-19-14(20)7-12(8-15(19)21)10-22-23-17(25)9-13-5-3-4-6-16(13)24(27)28/h3-8,10H,2,9,11H2,1H3,(H,23,25)/b22-10+. The van der Waals surface area contributed by atoms with Crippen molar-refractivity contribution in [3.05, 3.63) is 64.8 Å². The van der Waals surface area contributed by atoms with Gasteiger partial charge in [-0.1, -0.05) is 18.2 Å². The Balaban J connectivity index is 1.99. The van der Waals surface area contributed by atoms with Gasteiger partial charge in [0.1, 0.15) is 5.75 Å². The summed E-state index contributed by atoms with van der Waals surface area (Å²) in [4.78, 5) is 34.0. The van der Waals surface area contributed by atoms with E-state index in [0.717, 1.165) is 7.14 Å². The number of nitrogens with zero attached hydrogens (tertiary/aromatic N) is 2. The van der Waals surface area contributed by atoms with Crippen LogP contribution in [0.5, 0.6) is 5.75 Å². The van der Waals surface area contributed by atoms with Crippen LogP contribution in [-0.4, -0.2) is 36.2 Å². The van der Waals surface area contributed by atoms with Crippen molar-refractivity contribution in [3.8, 4) is 5.75 Å². The second-order valence-corrected chi connectivity index (χ2v) is 8.09. The van der Waals surface area contributed by atoms with Gasteiger partial charge in [0.25, 0.3) is 5.69 Å². The van der Waals surface area contributed by atoms with E-state index in [1.54, 1.807) is 31.2 Å². The molecule has 0 aliphatic heterocycles. The number of amides is 1. The Bertz CT molecular complexity index is 957. The average molecular weight is 637 g/mol. The SMILES string of the molecule is CCOC(=O)COc1c(I)cc(/C=N/NC(=O)Cc2ccccc2[N+](=O)[O-])cc1I. The number of nitro benzene ring substituents is 1. The van der Waals surface area contributed by atoms with Crippen LogP contribution in [0.1, 0.15) is 18.1 Å². The molecule has 0 radical (unpaired) electrons. The zero-order chi connectivity index (χ0) is 22.1. The molecule has 158 valence electrons. The summed E-state index contributed by atoms with van der Waals surface area (Å²) in [6, 6.07) is 9.61. The fourth-order valence-electron chi connectivity index (χ4n) is 2.36. The lowest BCUT2D eigenvalue weighted by Crippen LogP contribution is -2.20. The Hall–Kier alpha value is -2.29. The molecule has 0 saturated carbocycles. The molecule has 1 amide bonds. The van der Waals surface area contributed by atoms with Gasteiger partial charge in [0.05, 0.1) is 31.3 Å². The molecule has 0 bridgehead atoms. The first-order valence-corrected chi connectivity index (χ1v) is 10.8. The van der Waals surface area contributed by atoms with Crippen molar-refractivity contribution < 1.29 is 24.0 Å². The maximum absolute atomic E-state index is 12.1. The van der Waals surface area contributed by atoms with E-state index in [1.165, 1.54) is 18.3 Å². The van der Waals surface area contributed by atoms with Crippen LogP contribution in [0.4, 0.5) is 5.69 Å². The molecular weight excluding hydrogens is 620 g/mol. The highest BCUT2D eigenvalue weighted by Gasteiger charge is 2.15. The summed E-state index contributed by atoms with van der Waals surface area (Å²) in [6.07, 6.45) is 1.29. The molecule has 30 heavy (non-hydrogen) atoms. The number of para-hydroxylation sites is 1. The summed E-state index contributed by atoms with van der Waals surface area (Å²) in [5, 5.41) is 14.9. The second-order valence-electron chi connectivity index (χ2n) is 5.76. The van der Waals surface area contributed by atoms with Gasteiger partial charge in [-0.05, 0) is 69.8 Å². The minimum absolute atomic E-state index is 0.112. The summed E-state index contributed by atoms with van der Waals surface area (Å²) in [5.41, 5.74) is 3.27. The highest BCUT2D eigenvalue weighted by molar-refractivity contribution is 14.1. The number of rotatable bonds is 9. The zero-order valence-corrected chi connectivity index (χ0v) is 20.1. The van der Waals surface area contributed by atoms with Crippen molar-refractivity contribution in [2.75, 3.05) is 13.2 Å². The van der Waals surface area contributed by atoms with Gasteiger partial charge in [0.2, 0.25) is 5.91 Å². The van der Waals surface area contributed by atoms with E-state index in [4.69, 9.17) is 9.47 Å². The first-order chi connectivity index (χ1) is 14.3. The Kier molecular flexibility index (Phi) is 9.42. The third-order valence-corrected chi connectivity index (χ3v) is 5.21. The molecule has 2 aromatic carbocycles. The Labute approximate surface area is 199 Å². The van der Waals surface area contributed by atoms with Crippen molar-refractivity contribution >= 4 is 69.0 Å². The minimum Gasteiger partial charge on any atom is -0.480 e. The third-order valence-electron chi connectivity index (χ3n) is 3.60. The topological polar surface area (TPSA) is 120 Å². The number of esters is 1. The lowest BCUT2D eigenvalue weighted by Gasteiger charge is -2.10. The molecule has 0 aliphatic carbocycles. The van der Waals surface area contributed by atoms with Crippen LogP contribution in [0.2, 0.25) is 0 Å². The number of halogens is 2. The highest BCUT2D eigenvalue weighted by Crippen LogP contribution is 2.28. The molecule has 0 saturated heterocycles. The van der Waals surface area contributed by atoms with E-state index < -0.39 is 16.8 Å². The van der Waals surface area contributed by atoms with Gasteiger partial charge < -0.3 is 9.47 Å². The number of nitrogens with one attached hydrogen (secondary N) is 1. The molecule has 0 fully saturated rings. The smallest absolute Gasteiger partial charge is 0.344 e. The molecular formula is C19H17I2N3O6. The molecule has 0 atom stereocenters. The van der Waals surface area contributed by atoms with Crippen molar-refractivity contribution in [2.24, 2.45) is 5.10 Å². The molecule has 2 rings (SSSR count). The van der Waals surface area contributed by atoms with Gasteiger partial charge in [-0.3, -0.25) is 14.9 Å². The van der Waals surface area contributed by atoms with Gasteiger partial charge in [-0.15, -0.1) is 0 Å². The van der Waals surface area contributed by atoms with E-state index >= 15 is 0 Å². The predicted octanol–water partition coefficient (Wildman–Crippen LogP) is 3.44.